The summed E-state index contributed by atoms with van der Waals surface area (Å²) in [5.74, 6) is 1.62. The highest BCUT2D eigenvalue weighted by atomic mass is 16.7. The van der Waals surface area contributed by atoms with E-state index in [1.54, 1.807) is 0 Å². The summed E-state index contributed by atoms with van der Waals surface area (Å²) in [6.45, 7) is 2.28. The molecule has 2 aromatic carbocycles. The number of hydrogen-bond acceptors (Lipinski definition) is 3. The van der Waals surface area contributed by atoms with Crippen LogP contribution in [0.5, 0.6) is 11.5 Å². The lowest BCUT2D eigenvalue weighted by Gasteiger charge is -2.04. The van der Waals surface area contributed by atoms with Crippen molar-refractivity contribution in [1.82, 2.24) is 0 Å². The van der Waals surface area contributed by atoms with Crippen LogP contribution >= 0.6 is 0 Å². The minimum absolute atomic E-state index is 0.0520. The maximum Gasteiger partial charge on any atom is 0.231 e. The van der Waals surface area contributed by atoms with Crippen molar-refractivity contribution in [3.05, 3.63) is 53.6 Å². The topological polar surface area (TPSA) is 47.6 Å². The molecule has 1 N–H and O–H groups in total. The predicted octanol–water partition coefficient (Wildman–Crippen LogP) is 4.32. The quantitative estimate of drug-likeness (QED) is 0.837. The molecule has 2 aromatic rings. The first kappa shape index (κ1) is 15.2. The second-order valence-electron chi connectivity index (χ2n) is 5.37. The lowest BCUT2D eigenvalue weighted by Crippen LogP contribution is -2.10. The first-order valence-corrected chi connectivity index (χ1v) is 7.72. The van der Waals surface area contributed by atoms with E-state index in [0.717, 1.165) is 34.7 Å². The molecule has 4 nitrogen and oxygen atoms in total. The number of carbonyl (C=O) groups is 1. The van der Waals surface area contributed by atoms with Gasteiger partial charge in [0.2, 0.25) is 12.7 Å². The zero-order chi connectivity index (χ0) is 16.1. The van der Waals surface area contributed by atoms with Crippen molar-refractivity contribution in [2.24, 2.45) is 0 Å². The van der Waals surface area contributed by atoms with Crippen molar-refractivity contribution in [2.75, 3.05) is 12.1 Å². The number of benzene rings is 2. The SMILES string of the molecule is CCCC(=O)Nc1ccc(/C=C/c2ccc3c(c2)OCO3)cc1. The first-order chi connectivity index (χ1) is 11.2. The van der Waals surface area contributed by atoms with Crippen LogP contribution in [-0.2, 0) is 4.79 Å². The molecular formula is C19H19NO3. The number of ether oxygens (including phenoxy) is 2. The van der Waals surface area contributed by atoms with E-state index in [-0.39, 0.29) is 12.7 Å². The Balaban J connectivity index is 1.65. The van der Waals surface area contributed by atoms with Crippen molar-refractivity contribution >= 4 is 23.7 Å². The third-order valence-electron chi connectivity index (χ3n) is 3.54. The van der Waals surface area contributed by atoms with Crippen molar-refractivity contribution in [1.29, 1.82) is 0 Å². The minimum atomic E-state index is 0.0520. The minimum Gasteiger partial charge on any atom is -0.454 e. The molecule has 118 valence electrons. The molecule has 0 saturated carbocycles. The van der Waals surface area contributed by atoms with Gasteiger partial charge in [-0.15, -0.1) is 0 Å². The molecule has 0 aliphatic carbocycles. The monoisotopic (exact) mass is 309 g/mol. The van der Waals surface area contributed by atoms with Crippen molar-refractivity contribution < 1.29 is 14.3 Å². The second-order valence-corrected chi connectivity index (χ2v) is 5.37. The third-order valence-corrected chi connectivity index (χ3v) is 3.54. The van der Waals surface area contributed by atoms with Crippen LogP contribution in [0.15, 0.2) is 42.5 Å². The summed E-state index contributed by atoms with van der Waals surface area (Å²) in [6.07, 6.45) is 5.44. The summed E-state index contributed by atoms with van der Waals surface area (Å²) in [5.41, 5.74) is 2.94. The van der Waals surface area contributed by atoms with E-state index in [2.05, 4.69) is 5.32 Å². The zero-order valence-corrected chi connectivity index (χ0v) is 13.0. The Hall–Kier alpha value is -2.75. The van der Waals surface area contributed by atoms with Gasteiger partial charge in [0.15, 0.2) is 11.5 Å². The fraction of sp³-hybridized carbons (Fsp3) is 0.211. The van der Waals surface area contributed by atoms with E-state index in [1.807, 2.05) is 61.5 Å². The summed E-state index contributed by atoms with van der Waals surface area (Å²) in [6, 6.07) is 13.6. The molecule has 0 unspecified atom stereocenters. The zero-order valence-electron chi connectivity index (χ0n) is 13.0. The number of anilines is 1. The molecule has 23 heavy (non-hydrogen) atoms. The average Bonchev–Trinajstić information content (AvgIpc) is 3.02. The Bertz CT molecular complexity index is 720. The van der Waals surface area contributed by atoms with Gasteiger partial charge < -0.3 is 14.8 Å². The maximum atomic E-state index is 11.6. The van der Waals surface area contributed by atoms with E-state index in [9.17, 15) is 4.79 Å². The fourth-order valence-corrected chi connectivity index (χ4v) is 2.34. The second kappa shape index (κ2) is 7.01. The Morgan fingerprint density at radius 3 is 2.52 bits per heavy atom. The molecule has 1 heterocycles. The molecule has 3 rings (SSSR count). The van der Waals surface area contributed by atoms with Crippen LogP contribution in [0, 0.1) is 0 Å². The van der Waals surface area contributed by atoms with Crippen LogP contribution < -0.4 is 14.8 Å². The number of carbonyl (C=O) groups excluding carboxylic acids is 1. The Morgan fingerprint density at radius 2 is 1.74 bits per heavy atom. The summed E-state index contributed by atoms with van der Waals surface area (Å²) in [5, 5.41) is 2.88. The first-order valence-electron chi connectivity index (χ1n) is 7.72. The molecule has 1 aliphatic heterocycles. The molecule has 0 atom stereocenters. The van der Waals surface area contributed by atoms with Gasteiger partial charge in [-0.1, -0.05) is 37.3 Å². The van der Waals surface area contributed by atoms with Gasteiger partial charge in [-0.25, -0.2) is 0 Å². The van der Waals surface area contributed by atoms with E-state index < -0.39 is 0 Å². The summed E-state index contributed by atoms with van der Waals surface area (Å²) >= 11 is 0. The lowest BCUT2D eigenvalue weighted by atomic mass is 10.1. The molecule has 4 heteroatoms. The fourth-order valence-electron chi connectivity index (χ4n) is 2.34. The van der Waals surface area contributed by atoms with Crippen LogP contribution in [0.25, 0.3) is 12.2 Å². The standard InChI is InChI=1S/C19H19NO3/c1-2-3-19(21)20-16-9-6-14(7-10-16)4-5-15-8-11-17-18(12-15)23-13-22-17/h4-12H,2-3,13H2,1H3,(H,20,21)/b5-4+. The highest BCUT2D eigenvalue weighted by molar-refractivity contribution is 5.90. The smallest absolute Gasteiger partial charge is 0.231 e. The normalized spacial score (nSPS) is 12.6. The van der Waals surface area contributed by atoms with Crippen LogP contribution in [0.4, 0.5) is 5.69 Å². The van der Waals surface area contributed by atoms with Crippen molar-refractivity contribution in [2.45, 2.75) is 19.8 Å². The van der Waals surface area contributed by atoms with Gasteiger partial charge in [0.25, 0.3) is 0 Å². The maximum absolute atomic E-state index is 11.6. The van der Waals surface area contributed by atoms with E-state index >= 15 is 0 Å². The highest BCUT2D eigenvalue weighted by Crippen LogP contribution is 2.32. The number of rotatable bonds is 5. The molecule has 0 aromatic heterocycles. The van der Waals surface area contributed by atoms with Gasteiger partial charge in [0, 0.05) is 12.1 Å². The number of amides is 1. The summed E-state index contributed by atoms with van der Waals surface area (Å²) in [4.78, 5) is 11.6. The Kier molecular flexibility index (Phi) is 4.62. The third kappa shape index (κ3) is 3.92. The lowest BCUT2D eigenvalue weighted by molar-refractivity contribution is -0.116. The molecule has 0 spiro atoms. The predicted molar refractivity (Wildman–Crippen MR) is 91.5 cm³/mol. The van der Waals surface area contributed by atoms with Crippen LogP contribution in [0.1, 0.15) is 30.9 Å². The van der Waals surface area contributed by atoms with Gasteiger partial charge in [0.05, 0.1) is 0 Å². The van der Waals surface area contributed by atoms with Gasteiger partial charge in [-0.2, -0.15) is 0 Å². The van der Waals surface area contributed by atoms with Gasteiger partial charge in [-0.05, 0) is 41.8 Å². The van der Waals surface area contributed by atoms with Crippen molar-refractivity contribution in [3.8, 4) is 11.5 Å². The van der Waals surface area contributed by atoms with Crippen LogP contribution in [0.2, 0.25) is 0 Å². The highest BCUT2D eigenvalue weighted by Gasteiger charge is 2.12. The average molecular weight is 309 g/mol. The van der Waals surface area contributed by atoms with Crippen LogP contribution in [-0.4, -0.2) is 12.7 Å². The van der Waals surface area contributed by atoms with Gasteiger partial charge in [-0.3, -0.25) is 4.79 Å². The molecule has 0 fully saturated rings. The van der Waals surface area contributed by atoms with Crippen LogP contribution in [0.3, 0.4) is 0 Å². The van der Waals surface area contributed by atoms with Gasteiger partial charge in [0.1, 0.15) is 0 Å². The molecular weight excluding hydrogens is 290 g/mol. The van der Waals surface area contributed by atoms with E-state index in [0.29, 0.717) is 6.42 Å². The molecule has 1 aliphatic rings. The van der Waals surface area contributed by atoms with E-state index in [1.165, 1.54) is 0 Å². The number of hydrogen-bond donors (Lipinski definition) is 1. The Morgan fingerprint density at radius 1 is 1.04 bits per heavy atom. The number of fused-ring (bicyclic) bond motifs is 1. The molecule has 0 bridgehead atoms. The summed E-state index contributed by atoms with van der Waals surface area (Å²) < 4.78 is 10.7. The van der Waals surface area contributed by atoms with Crippen molar-refractivity contribution in [3.63, 3.8) is 0 Å². The van der Waals surface area contributed by atoms with E-state index in [4.69, 9.17) is 9.47 Å². The molecule has 0 saturated heterocycles. The molecule has 0 radical (unpaired) electrons. The molecule has 1 amide bonds. The Labute approximate surface area is 135 Å². The summed E-state index contributed by atoms with van der Waals surface area (Å²) in [7, 11) is 0. The van der Waals surface area contributed by atoms with Gasteiger partial charge >= 0.3 is 0 Å². The largest absolute Gasteiger partial charge is 0.454 e. The number of nitrogens with one attached hydrogen (secondary N) is 1.